The molecule has 1 aromatic rings. The van der Waals surface area contributed by atoms with Crippen LogP contribution < -0.4 is 0 Å². The summed E-state index contributed by atoms with van der Waals surface area (Å²) in [6, 6.07) is 0. The molecule has 0 spiro atoms. The van der Waals surface area contributed by atoms with Gasteiger partial charge in [0.25, 0.3) is 0 Å². The Balaban J connectivity index is 2.19. The van der Waals surface area contributed by atoms with Crippen molar-refractivity contribution in [3.8, 4) is 0 Å². The second-order valence-corrected chi connectivity index (χ2v) is 9.66. The Morgan fingerprint density at radius 3 is 2.00 bits per heavy atom. The molecule has 0 bridgehead atoms. The zero-order valence-corrected chi connectivity index (χ0v) is 20.4. The first-order valence-corrected chi connectivity index (χ1v) is 13.2. The van der Waals surface area contributed by atoms with Crippen LogP contribution in [0.5, 0.6) is 0 Å². The Labute approximate surface area is 187 Å². The number of unbranched alkanes of at least 4 members (excludes halogenated alkanes) is 14. The highest BCUT2D eigenvalue weighted by atomic mass is 32.1. The Bertz CT molecular complexity index is 583. The summed E-state index contributed by atoms with van der Waals surface area (Å²) in [6.07, 6.45) is 22.3. The first kappa shape index (κ1) is 26.4. The fraction of sp³-hybridized carbons (Fsp3) is 0.870. The third-order valence-corrected chi connectivity index (χ3v) is 6.46. The molecule has 4 nitrogen and oxygen atoms in total. The minimum absolute atomic E-state index is 0.611. The Hall–Kier alpha value is -0.590. The van der Waals surface area contributed by atoms with Crippen LogP contribution in [0.25, 0.3) is 0 Å². The lowest BCUT2D eigenvalue weighted by atomic mass is 10.1. The number of hydrogen-bond acceptors (Lipinski definition) is 5. The average Bonchev–Trinajstić information content (AvgIpc) is 3.09. The van der Waals surface area contributed by atoms with E-state index in [9.17, 15) is 5.11 Å². The van der Waals surface area contributed by atoms with Crippen molar-refractivity contribution in [3.63, 3.8) is 0 Å². The zero-order chi connectivity index (χ0) is 21.2. The van der Waals surface area contributed by atoms with Gasteiger partial charge in [-0.15, -0.1) is 5.10 Å². The van der Waals surface area contributed by atoms with Crippen molar-refractivity contribution in [1.29, 1.82) is 0 Å². The molecular weight excluding hydrogens is 398 g/mol. The van der Waals surface area contributed by atoms with Gasteiger partial charge in [0, 0.05) is 6.21 Å². The second kappa shape index (κ2) is 18.2. The average molecular weight is 442 g/mol. The van der Waals surface area contributed by atoms with Gasteiger partial charge in [0.2, 0.25) is 5.13 Å². The fourth-order valence-corrected chi connectivity index (χ4v) is 4.49. The first-order chi connectivity index (χ1) is 14.2. The topological polar surface area (TPSA) is 50.4 Å². The summed E-state index contributed by atoms with van der Waals surface area (Å²) in [6.45, 7) is 4.50. The molecule has 1 atom stereocenters. The van der Waals surface area contributed by atoms with Gasteiger partial charge in [-0.25, -0.2) is 9.67 Å². The maximum Gasteiger partial charge on any atom is 0.230 e. The molecule has 0 amide bonds. The molecule has 0 fully saturated rings. The minimum Gasteiger partial charge on any atom is -0.372 e. The van der Waals surface area contributed by atoms with E-state index in [2.05, 4.69) is 23.9 Å². The Morgan fingerprint density at radius 2 is 1.41 bits per heavy atom. The van der Waals surface area contributed by atoms with Crippen LogP contribution in [-0.2, 0) is 0 Å². The molecule has 1 aromatic heterocycles. The first-order valence-electron chi connectivity index (χ1n) is 12.0. The molecule has 0 aliphatic heterocycles. The monoisotopic (exact) mass is 441 g/mol. The van der Waals surface area contributed by atoms with Crippen LogP contribution in [0.15, 0.2) is 4.99 Å². The molecule has 6 heteroatoms. The lowest BCUT2D eigenvalue weighted by Gasteiger charge is -2.10. The van der Waals surface area contributed by atoms with Gasteiger partial charge in [-0.05, 0) is 37.9 Å². The summed E-state index contributed by atoms with van der Waals surface area (Å²) in [4.78, 5) is 4.45. The van der Waals surface area contributed by atoms with Crippen molar-refractivity contribution in [1.82, 2.24) is 9.78 Å². The molecule has 0 aliphatic carbocycles. The molecular formula is C23H43N3OS2. The number of aromatic nitrogens is 2. The van der Waals surface area contributed by atoms with Gasteiger partial charge in [-0.2, -0.15) is 0 Å². The van der Waals surface area contributed by atoms with E-state index in [1.165, 1.54) is 101 Å². The van der Waals surface area contributed by atoms with E-state index in [1.54, 1.807) is 4.68 Å². The predicted octanol–water partition coefficient (Wildman–Crippen LogP) is 8.54. The van der Waals surface area contributed by atoms with Crippen molar-refractivity contribution in [2.24, 2.45) is 4.99 Å². The van der Waals surface area contributed by atoms with E-state index >= 15 is 0 Å². The maximum atomic E-state index is 10.4. The van der Waals surface area contributed by atoms with E-state index in [-0.39, 0.29) is 0 Å². The summed E-state index contributed by atoms with van der Waals surface area (Å²) in [7, 11) is 0. The van der Waals surface area contributed by atoms with Gasteiger partial charge in [0.05, 0.1) is 0 Å². The quantitative estimate of drug-likeness (QED) is 0.133. The van der Waals surface area contributed by atoms with Crippen LogP contribution in [0.4, 0.5) is 5.13 Å². The maximum absolute atomic E-state index is 10.4. The number of aliphatic imine (C=N–C) groups is 1. The van der Waals surface area contributed by atoms with Gasteiger partial charge in [-0.3, -0.25) is 0 Å². The van der Waals surface area contributed by atoms with Gasteiger partial charge >= 0.3 is 0 Å². The summed E-state index contributed by atoms with van der Waals surface area (Å²) < 4.78 is 2.18. The van der Waals surface area contributed by atoms with E-state index in [4.69, 9.17) is 12.2 Å². The summed E-state index contributed by atoms with van der Waals surface area (Å²) >= 11 is 6.75. The molecule has 1 heterocycles. The summed E-state index contributed by atoms with van der Waals surface area (Å²) in [5.41, 5.74) is 0. The molecule has 0 radical (unpaired) electrons. The Morgan fingerprint density at radius 1 is 0.897 bits per heavy atom. The van der Waals surface area contributed by atoms with Crippen LogP contribution >= 0.6 is 23.6 Å². The SMILES string of the molecule is CCCCCCCCCC=Nc1nn(C(O)CCCCCCCCCC)c(=S)s1. The van der Waals surface area contributed by atoms with Crippen molar-refractivity contribution >= 4 is 34.9 Å². The van der Waals surface area contributed by atoms with Crippen LogP contribution in [0, 0.1) is 3.95 Å². The zero-order valence-electron chi connectivity index (χ0n) is 18.8. The van der Waals surface area contributed by atoms with Crippen LogP contribution in [-0.4, -0.2) is 21.1 Å². The minimum atomic E-state index is -0.620. The predicted molar refractivity (Wildman–Crippen MR) is 130 cm³/mol. The summed E-state index contributed by atoms with van der Waals surface area (Å²) in [5, 5.41) is 15.5. The van der Waals surface area contributed by atoms with Crippen LogP contribution in [0.3, 0.4) is 0 Å². The van der Waals surface area contributed by atoms with Crippen molar-refractivity contribution < 1.29 is 5.11 Å². The molecule has 0 saturated carbocycles. The van der Waals surface area contributed by atoms with Gasteiger partial charge < -0.3 is 5.11 Å². The van der Waals surface area contributed by atoms with Crippen molar-refractivity contribution in [3.05, 3.63) is 3.95 Å². The third kappa shape index (κ3) is 13.3. The second-order valence-electron chi connectivity index (χ2n) is 8.06. The molecule has 1 rings (SSSR count). The van der Waals surface area contributed by atoms with Crippen LogP contribution in [0.2, 0.25) is 0 Å². The van der Waals surface area contributed by atoms with E-state index < -0.39 is 6.23 Å². The Kier molecular flexibility index (Phi) is 16.6. The van der Waals surface area contributed by atoms with Gasteiger partial charge in [0.15, 0.2) is 3.95 Å². The molecule has 0 saturated heterocycles. The number of aliphatic hydroxyl groups is 1. The van der Waals surface area contributed by atoms with E-state index in [1.807, 2.05) is 6.21 Å². The third-order valence-electron chi connectivity index (χ3n) is 5.30. The molecule has 168 valence electrons. The number of nitrogens with zero attached hydrogens (tertiary/aromatic N) is 3. The normalized spacial score (nSPS) is 12.8. The number of aliphatic hydroxyl groups excluding tert-OH is 1. The lowest BCUT2D eigenvalue weighted by Crippen LogP contribution is -2.09. The highest BCUT2D eigenvalue weighted by molar-refractivity contribution is 7.73. The molecule has 1 N–H and O–H groups in total. The summed E-state index contributed by atoms with van der Waals surface area (Å²) in [5.74, 6) is 0. The largest absolute Gasteiger partial charge is 0.372 e. The van der Waals surface area contributed by atoms with E-state index in [0.717, 1.165) is 12.8 Å². The van der Waals surface area contributed by atoms with Crippen LogP contribution in [0.1, 0.15) is 129 Å². The standard InChI is InChI=1S/C23H43N3OS2/c1-3-5-7-9-11-13-15-17-19-21(27)26-23(28)29-22(25-26)24-20-18-16-14-12-10-8-6-4-2/h20-21,27H,3-19H2,1-2H3. The fourth-order valence-electron chi connectivity index (χ4n) is 3.44. The number of hydrogen-bond donors (Lipinski definition) is 1. The van der Waals surface area contributed by atoms with E-state index in [0.29, 0.717) is 15.5 Å². The number of rotatable bonds is 19. The molecule has 1 unspecified atom stereocenters. The van der Waals surface area contributed by atoms with Crippen molar-refractivity contribution in [2.75, 3.05) is 0 Å². The molecule has 0 aliphatic rings. The van der Waals surface area contributed by atoms with Crippen molar-refractivity contribution in [2.45, 2.75) is 129 Å². The highest BCUT2D eigenvalue weighted by Crippen LogP contribution is 2.23. The molecule has 0 aromatic carbocycles. The highest BCUT2D eigenvalue weighted by Gasteiger charge is 2.11. The van der Waals surface area contributed by atoms with Gasteiger partial charge in [-0.1, -0.05) is 109 Å². The smallest absolute Gasteiger partial charge is 0.230 e. The van der Waals surface area contributed by atoms with Gasteiger partial charge in [0.1, 0.15) is 6.23 Å². The lowest BCUT2D eigenvalue weighted by molar-refractivity contribution is 0.0778. The molecule has 29 heavy (non-hydrogen) atoms.